The number of piperidine rings is 1. The van der Waals surface area contributed by atoms with Gasteiger partial charge in [0.25, 0.3) is 0 Å². The van der Waals surface area contributed by atoms with Crippen molar-refractivity contribution in [3.8, 4) is 0 Å². The van der Waals surface area contributed by atoms with E-state index in [1.54, 1.807) is 12.3 Å². The third-order valence-corrected chi connectivity index (χ3v) is 6.85. The van der Waals surface area contributed by atoms with Crippen LogP contribution in [-0.4, -0.2) is 59.6 Å². The number of aromatic nitrogens is 3. The maximum atomic E-state index is 14.3. The first-order valence-electron chi connectivity index (χ1n) is 9.45. The summed E-state index contributed by atoms with van der Waals surface area (Å²) < 4.78 is 39.9. The van der Waals surface area contributed by atoms with Crippen LogP contribution in [0.1, 0.15) is 36.6 Å². The zero-order valence-electron chi connectivity index (χ0n) is 15.9. The lowest BCUT2D eigenvalue weighted by Gasteiger charge is -2.33. The Balaban J connectivity index is 1.54. The van der Waals surface area contributed by atoms with Gasteiger partial charge in [-0.2, -0.15) is 4.31 Å². The van der Waals surface area contributed by atoms with E-state index < -0.39 is 15.8 Å². The van der Waals surface area contributed by atoms with Crippen molar-refractivity contribution >= 4 is 33.3 Å². The molecule has 2 aromatic rings. The molecule has 1 fully saturated rings. The van der Waals surface area contributed by atoms with Crippen molar-refractivity contribution in [2.24, 2.45) is 0 Å². The highest BCUT2D eigenvalue weighted by Gasteiger charge is 2.30. The second kappa shape index (κ2) is 8.00. The molecule has 11 heteroatoms. The molecular weight excluding hydrogens is 419 g/mol. The lowest BCUT2D eigenvalue weighted by molar-refractivity contribution is 0.263. The van der Waals surface area contributed by atoms with Crippen molar-refractivity contribution in [2.75, 3.05) is 36.5 Å². The SMILES string of the molecule is CS(=O)(=O)N1CCCCC1CNc1nc(C2CNc3ncc(Cl)cc32)ncc1F. The Morgan fingerprint density at radius 3 is 2.97 bits per heavy atom. The molecule has 2 unspecified atom stereocenters. The predicted molar refractivity (Wildman–Crippen MR) is 109 cm³/mol. The number of anilines is 2. The highest BCUT2D eigenvalue weighted by atomic mass is 35.5. The summed E-state index contributed by atoms with van der Waals surface area (Å²) in [5.41, 5.74) is 0.866. The number of sulfonamides is 1. The number of nitrogens with zero attached hydrogens (tertiary/aromatic N) is 4. The molecule has 156 valence electrons. The number of fused-ring (bicyclic) bond motifs is 1. The monoisotopic (exact) mass is 440 g/mol. The Bertz CT molecular complexity index is 1020. The molecule has 0 saturated carbocycles. The molecule has 2 aromatic heterocycles. The van der Waals surface area contributed by atoms with E-state index in [9.17, 15) is 12.8 Å². The van der Waals surface area contributed by atoms with Gasteiger partial charge in [-0.25, -0.2) is 27.8 Å². The minimum absolute atomic E-state index is 0.0671. The van der Waals surface area contributed by atoms with Gasteiger partial charge in [-0.05, 0) is 18.9 Å². The Morgan fingerprint density at radius 1 is 1.34 bits per heavy atom. The molecule has 0 radical (unpaired) electrons. The Morgan fingerprint density at radius 2 is 2.17 bits per heavy atom. The Kier molecular flexibility index (Phi) is 5.58. The van der Waals surface area contributed by atoms with Gasteiger partial charge < -0.3 is 10.6 Å². The summed E-state index contributed by atoms with van der Waals surface area (Å²) in [5.74, 6) is 0.462. The molecule has 4 heterocycles. The van der Waals surface area contributed by atoms with Crippen LogP contribution >= 0.6 is 11.6 Å². The maximum Gasteiger partial charge on any atom is 0.211 e. The summed E-state index contributed by atoms with van der Waals surface area (Å²) in [6, 6.07) is 1.58. The van der Waals surface area contributed by atoms with Gasteiger partial charge in [-0.15, -0.1) is 0 Å². The molecule has 2 aliphatic heterocycles. The average Bonchev–Trinajstić information content (AvgIpc) is 3.10. The molecule has 0 bridgehead atoms. The second-order valence-electron chi connectivity index (χ2n) is 7.35. The molecule has 4 rings (SSSR count). The van der Waals surface area contributed by atoms with E-state index >= 15 is 0 Å². The first-order valence-corrected chi connectivity index (χ1v) is 11.7. The summed E-state index contributed by atoms with van der Waals surface area (Å²) >= 11 is 6.06. The van der Waals surface area contributed by atoms with E-state index in [2.05, 4.69) is 25.6 Å². The van der Waals surface area contributed by atoms with Crippen LogP contribution in [0.15, 0.2) is 18.5 Å². The van der Waals surface area contributed by atoms with E-state index in [4.69, 9.17) is 11.6 Å². The van der Waals surface area contributed by atoms with Crippen molar-refractivity contribution in [1.29, 1.82) is 0 Å². The summed E-state index contributed by atoms with van der Waals surface area (Å²) in [7, 11) is -3.31. The third kappa shape index (κ3) is 4.29. The number of pyridine rings is 1. The first-order chi connectivity index (χ1) is 13.8. The van der Waals surface area contributed by atoms with Crippen LogP contribution in [-0.2, 0) is 10.0 Å². The van der Waals surface area contributed by atoms with Crippen molar-refractivity contribution in [3.63, 3.8) is 0 Å². The molecule has 29 heavy (non-hydrogen) atoms. The smallest absolute Gasteiger partial charge is 0.211 e. The zero-order chi connectivity index (χ0) is 20.6. The highest BCUT2D eigenvalue weighted by Crippen LogP contribution is 2.35. The fraction of sp³-hybridized carbons (Fsp3) is 0.500. The lowest BCUT2D eigenvalue weighted by atomic mass is 10.0. The van der Waals surface area contributed by atoms with Gasteiger partial charge in [0.15, 0.2) is 11.6 Å². The molecule has 8 nitrogen and oxygen atoms in total. The van der Waals surface area contributed by atoms with Crippen LogP contribution < -0.4 is 10.6 Å². The Labute approximate surface area is 174 Å². The van der Waals surface area contributed by atoms with E-state index in [0.29, 0.717) is 29.8 Å². The first kappa shape index (κ1) is 20.2. The van der Waals surface area contributed by atoms with Gasteiger partial charge in [0.2, 0.25) is 10.0 Å². The van der Waals surface area contributed by atoms with E-state index in [-0.39, 0.29) is 24.3 Å². The summed E-state index contributed by atoms with van der Waals surface area (Å²) in [6.07, 6.45) is 6.40. The number of rotatable bonds is 5. The predicted octanol–water partition coefficient (Wildman–Crippen LogP) is 2.45. The molecule has 2 atom stereocenters. The molecule has 0 aliphatic carbocycles. The van der Waals surface area contributed by atoms with Crippen LogP contribution in [0.2, 0.25) is 5.02 Å². The summed E-state index contributed by atoms with van der Waals surface area (Å²) in [6.45, 7) is 1.31. The van der Waals surface area contributed by atoms with Crippen LogP contribution in [0.4, 0.5) is 16.0 Å². The van der Waals surface area contributed by atoms with Crippen molar-refractivity contribution < 1.29 is 12.8 Å². The highest BCUT2D eigenvalue weighted by molar-refractivity contribution is 7.88. The van der Waals surface area contributed by atoms with Crippen molar-refractivity contribution in [3.05, 3.63) is 40.7 Å². The molecule has 0 aromatic carbocycles. The van der Waals surface area contributed by atoms with Gasteiger partial charge in [-0.1, -0.05) is 18.0 Å². The van der Waals surface area contributed by atoms with E-state index in [0.717, 1.165) is 31.0 Å². The van der Waals surface area contributed by atoms with E-state index in [1.165, 1.54) is 10.6 Å². The summed E-state index contributed by atoms with van der Waals surface area (Å²) in [5, 5.41) is 6.68. The second-order valence-corrected chi connectivity index (χ2v) is 9.73. The molecule has 1 saturated heterocycles. The fourth-order valence-corrected chi connectivity index (χ4v) is 5.26. The van der Waals surface area contributed by atoms with Crippen LogP contribution in [0.25, 0.3) is 0 Å². The normalized spacial score (nSPS) is 22.2. The standard InChI is InChI=1S/C18H22ClFN6O2S/c1-29(27,28)26-5-3-2-4-12(26)8-22-18-15(20)10-24-17(25-18)14-9-23-16-13(14)6-11(19)7-21-16/h6-7,10,12,14H,2-5,8-9H2,1H3,(H,21,23)(H,22,24,25). The van der Waals surface area contributed by atoms with E-state index in [1.807, 2.05) is 0 Å². The molecule has 2 aliphatic rings. The largest absolute Gasteiger partial charge is 0.369 e. The lowest BCUT2D eigenvalue weighted by Crippen LogP contribution is -2.46. The van der Waals surface area contributed by atoms with Gasteiger partial charge in [0, 0.05) is 37.4 Å². The molecule has 0 spiro atoms. The van der Waals surface area contributed by atoms with Gasteiger partial charge in [-0.3, -0.25) is 0 Å². The Hall–Kier alpha value is -2.04. The van der Waals surface area contributed by atoms with Crippen LogP contribution in [0.3, 0.4) is 0 Å². The quantitative estimate of drug-likeness (QED) is 0.736. The molecule has 2 N–H and O–H groups in total. The third-order valence-electron chi connectivity index (χ3n) is 5.31. The number of halogens is 2. The molecule has 0 amide bonds. The molecular formula is C18H22ClFN6O2S. The van der Waals surface area contributed by atoms with Crippen molar-refractivity contribution in [1.82, 2.24) is 19.3 Å². The number of nitrogens with one attached hydrogen (secondary N) is 2. The van der Waals surface area contributed by atoms with Crippen LogP contribution in [0, 0.1) is 5.82 Å². The maximum absolute atomic E-state index is 14.3. The minimum Gasteiger partial charge on any atom is -0.369 e. The fourth-order valence-electron chi connectivity index (χ4n) is 3.91. The minimum atomic E-state index is -3.31. The zero-order valence-corrected chi connectivity index (χ0v) is 17.5. The van der Waals surface area contributed by atoms with Crippen LogP contribution in [0.5, 0.6) is 0 Å². The summed E-state index contributed by atoms with van der Waals surface area (Å²) in [4.78, 5) is 12.8. The van der Waals surface area contributed by atoms with Gasteiger partial charge in [0.1, 0.15) is 11.6 Å². The van der Waals surface area contributed by atoms with Crippen molar-refractivity contribution in [2.45, 2.75) is 31.2 Å². The average molecular weight is 441 g/mol. The van der Waals surface area contributed by atoms with Gasteiger partial charge >= 0.3 is 0 Å². The number of hydrogen-bond donors (Lipinski definition) is 2. The topological polar surface area (TPSA) is 100 Å². The van der Waals surface area contributed by atoms with Gasteiger partial charge in [0.05, 0.1) is 23.4 Å². The number of hydrogen-bond acceptors (Lipinski definition) is 7.